The van der Waals surface area contributed by atoms with Gasteiger partial charge in [-0.25, -0.2) is 0 Å². The van der Waals surface area contributed by atoms with Crippen molar-refractivity contribution in [2.45, 2.75) is 39.0 Å². The number of hydrogen-bond acceptors (Lipinski definition) is 2. The smallest absolute Gasteiger partial charge is 0.170 e. The van der Waals surface area contributed by atoms with E-state index in [1.54, 1.807) is 19.2 Å². The lowest BCUT2D eigenvalue weighted by molar-refractivity contribution is 0.417. The molecule has 0 aromatic heterocycles. The van der Waals surface area contributed by atoms with E-state index < -0.39 is 0 Å². The molecule has 0 amide bonds. The van der Waals surface area contributed by atoms with E-state index in [4.69, 9.17) is 28.6 Å². The number of rotatable bonds is 8. The highest BCUT2D eigenvalue weighted by atomic mass is 35.5. The Morgan fingerprint density at radius 3 is 2.70 bits per heavy atom. The van der Waals surface area contributed by atoms with Crippen LogP contribution in [-0.4, -0.2) is 18.8 Å². The summed E-state index contributed by atoms with van der Waals surface area (Å²) < 4.78 is 5.26. The lowest BCUT2D eigenvalue weighted by atomic mass is 10.1. The van der Waals surface area contributed by atoms with Crippen LogP contribution in [0.5, 0.6) is 5.75 Å². The third-order valence-corrected chi connectivity index (χ3v) is 3.46. The van der Waals surface area contributed by atoms with Crippen molar-refractivity contribution >= 4 is 34.6 Å². The van der Waals surface area contributed by atoms with Crippen molar-refractivity contribution in [3.8, 4) is 5.75 Å². The van der Waals surface area contributed by atoms with Gasteiger partial charge >= 0.3 is 0 Å². The molecule has 0 atom stereocenters. The average molecular weight is 315 g/mol. The Morgan fingerprint density at radius 2 is 2.00 bits per heavy atom. The molecule has 1 aromatic rings. The first-order valence-electron chi connectivity index (χ1n) is 7.05. The minimum absolute atomic E-state index is 0.598. The molecule has 0 aliphatic carbocycles. The van der Waals surface area contributed by atoms with Crippen LogP contribution in [0.15, 0.2) is 18.2 Å². The summed E-state index contributed by atoms with van der Waals surface area (Å²) in [6.45, 7) is 3.11. The molecule has 1 aromatic carbocycles. The second kappa shape index (κ2) is 9.83. The Morgan fingerprint density at radius 1 is 1.25 bits per heavy atom. The van der Waals surface area contributed by atoms with Gasteiger partial charge in [-0.2, -0.15) is 0 Å². The van der Waals surface area contributed by atoms with E-state index in [-0.39, 0.29) is 0 Å². The fourth-order valence-corrected chi connectivity index (χ4v) is 2.26. The molecule has 0 fully saturated rings. The maximum Gasteiger partial charge on any atom is 0.170 e. The zero-order chi connectivity index (χ0) is 14.8. The lowest BCUT2D eigenvalue weighted by Crippen LogP contribution is -2.29. The van der Waals surface area contributed by atoms with Crippen LogP contribution in [0.25, 0.3) is 0 Å². The van der Waals surface area contributed by atoms with Crippen LogP contribution in [0.2, 0.25) is 5.02 Å². The Hall–Kier alpha value is -1.00. The van der Waals surface area contributed by atoms with Crippen LogP contribution < -0.4 is 15.4 Å². The van der Waals surface area contributed by atoms with Gasteiger partial charge in [-0.1, -0.05) is 44.2 Å². The zero-order valence-corrected chi connectivity index (χ0v) is 13.7. The van der Waals surface area contributed by atoms with Gasteiger partial charge in [0.05, 0.1) is 12.8 Å². The van der Waals surface area contributed by atoms with E-state index in [0.717, 1.165) is 24.4 Å². The second-order valence-electron chi connectivity index (χ2n) is 4.64. The van der Waals surface area contributed by atoms with E-state index in [0.29, 0.717) is 10.1 Å². The summed E-state index contributed by atoms with van der Waals surface area (Å²) in [4.78, 5) is 0. The molecule has 2 N–H and O–H groups in total. The van der Waals surface area contributed by atoms with E-state index in [9.17, 15) is 0 Å². The van der Waals surface area contributed by atoms with Gasteiger partial charge in [0.25, 0.3) is 0 Å². The largest absolute Gasteiger partial charge is 0.495 e. The Bertz CT molecular complexity index is 426. The van der Waals surface area contributed by atoms with Gasteiger partial charge in [-0.05, 0) is 36.8 Å². The number of nitrogens with one attached hydrogen (secondary N) is 2. The molecule has 0 bridgehead atoms. The third-order valence-electron chi connectivity index (χ3n) is 2.98. The van der Waals surface area contributed by atoms with Crippen LogP contribution >= 0.6 is 23.8 Å². The van der Waals surface area contributed by atoms with Crippen molar-refractivity contribution in [1.29, 1.82) is 0 Å². The highest BCUT2D eigenvalue weighted by Crippen LogP contribution is 2.27. The minimum atomic E-state index is 0.598. The molecule has 0 saturated heterocycles. The molecule has 3 nitrogen and oxygen atoms in total. The standard InChI is InChI=1S/C15H23ClN2OS/c1-3-4-5-6-7-10-17-15(20)18-13-11-12(16)8-9-14(13)19-2/h8-9,11H,3-7,10H2,1-2H3,(H2,17,18,20). The fourth-order valence-electron chi connectivity index (χ4n) is 1.87. The van der Waals surface area contributed by atoms with Crippen molar-refractivity contribution < 1.29 is 4.74 Å². The quantitative estimate of drug-likeness (QED) is 0.542. The molecule has 0 saturated carbocycles. The van der Waals surface area contributed by atoms with Gasteiger partial charge in [-0.3, -0.25) is 0 Å². The van der Waals surface area contributed by atoms with Crippen LogP contribution in [0.4, 0.5) is 5.69 Å². The molecule has 0 heterocycles. The minimum Gasteiger partial charge on any atom is -0.495 e. The van der Waals surface area contributed by atoms with Crippen molar-refractivity contribution in [2.24, 2.45) is 0 Å². The number of hydrogen-bond donors (Lipinski definition) is 2. The SMILES string of the molecule is CCCCCCCNC(=S)Nc1cc(Cl)ccc1OC. The van der Waals surface area contributed by atoms with Gasteiger partial charge in [0.1, 0.15) is 5.75 Å². The van der Waals surface area contributed by atoms with Gasteiger partial charge in [-0.15, -0.1) is 0 Å². The summed E-state index contributed by atoms with van der Waals surface area (Å²) in [6, 6.07) is 5.41. The highest BCUT2D eigenvalue weighted by molar-refractivity contribution is 7.80. The molecular weight excluding hydrogens is 292 g/mol. The topological polar surface area (TPSA) is 33.3 Å². The third kappa shape index (κ3) is 6.44. The molecule has 20 heavy (non-hydrogen) atoms. The van der Waals surface area contributed by atoms with Crippen LogP contribution in [0, 0.1) is 0 Å². The molecule has 1 rings (SSSR count). The Balaban J connectivity index is 2.33. The summed E-state index contributed by atoms with van der Waals surface area (Å²) in [5, 5.41) is 7.56. The molecule has 0 unspecified atom stereocenters. The molecule has 0 aliphatic rings. The van der Waals surface area contributed by atoms with Crippen LogP contribution in [0.3, 0.4) is 0 Å². The molecule has 5 heteroatoms. The monoisotopic (exact) mass is 314 g/mol. The molecule has 0 aliphatic heterocycles. The van der Waals surface area contributed by atoms with Crippen molar-refractivity contribution in [2.75, 3.05) is 19.0 Å². The maximum atomic E-state index is 5.97. The van der Waals surface area contributed by atoms with E-state index in [1.807, 2.05) is 6.07 Å². The van der Waals surface area contributed by atoms with Gasteiger partial charge in [0, 0.05) is 11.6 Å². The van der Waals surface area contributed by atoms with E-state index in [1.165, 1.54) is 25.7 Å². The predicted molar refractivity (Wildman–Crippen MR) is 91.0 cm³/mol. The number of halogens is 1. The highest BCUT2D eigenvalue weighted by Gasteiger charge is 2.05. The summed E-state index contributed by atoms with van der Waals surface area (Å²) in [5.41, 5.74) is 0.781. The van der Waals surface area contributed by atoms with Crippen LogP contribution in [-0.2, 0) is 0 Å². The number of ether oxygens (including phenoxy) is 1. The summed E-state index contributed by atoms with van der Waals surface area (Å²) in [7, 11) is 1.62. The molecular formula is C15H23ClN2OS. The van der Waals surface area contributed by atoms with Crippen molar-refractivity contribution in [3.05, 3.63) is 23.2 Å². The number of unbranched alkanes of at least 4 members (excludes halogenated alkanes) is 4. The number of benzene rings is 1. The molecule has 0 radical (unpaired) electrons. The van der Waals surface area contributed by atoms with E-state index >= 15 is 0 Å². The second-order valence-corrected chi connectivity index (χ2v) is 5.48. The molecule has 0 spiro atoms. The molecule has 112 valence electrons. The number of methoxy groups -OCH3 is 1. The predicted octanol–water partition coefficient (Wildman–Crippen LogP) is 4.61. The summed E-state index contributed by atoms with van der Waals surface area (Å²) >= 11 is 11.2. The first-order chi connectivity index (χ1) is 9.67. The average Bonchev–Trinajstić information content (AvgIpc) is 2.43. The van der Waals surface area contributed by atoms with Gasteiger partial charge < -0.3 is 15.4 Å². The van der Waals surface area contributed by atoms with Crippen LogP contribution in [0.1, 0.15) is 39.0 Å². The first kappa shape index (κ1) is 17.1. The van der Waals surface area contributed by atoms with Crippen molar-refractivity contribution in [3.63, 3.8) is 0 Å². The number of anilines is 1. The van der Waals surface area contributed by atoms with Crippen molar-refractivity contribution in [1.82, 2.24) is 5.32 Å². The summed E-state index contributed by atoms with van der Waals surface area (Å²) in [6.07, 6.45) is 6.24. The number of thiocarbonyl (C=S) groups is 1. The first-order valence-corrected chi connectivity index (χ1v) is 7.84. The Kier molecular flexibility index (Phi) is 8.38. The van der Waals surface area contributed by atoms with Gasteiger partial charge in [0.15, 0.2) is 5.11 Å². The normalized spacial score (nSPS) is 10.2. The van der Waals surface area contributed by atoms with Gasteiger partial charge in [0.2, 0.25) is 0 Å². The zero-order valence-electron chi connectivity index (χ0n) is 12.2. The van der Waals surface area contributed by atoms with E-state index in [2.05, 4.69) is 17.6 Å². The lowest BCUT2D eigenvalue weighted by Gasteiger charge is -2.13. The Labute approximate surface area is 132 Å². The fraction of sp³-hybridized carbons (Fsp3) is 0.533. The maximum absolute atomic E-state index is 5.97. The summed E-state index contributed by atoms with van der Waals surface area (Å²) in [5.74, 6) is 0.724.